The highest BCUT2D eigenvalue weighted by Gasteiger charge is 2.25. The third-order valence-electron chi connectivity index (χ3n) is 4.77. The summed E-state index contributed by atoms with van der Waals surface area (Å²) >= 11 is 0. The van der Waals surface area contributed by atoms with E-state index >= 15 is 0 Å². The Kier molecular flexibility index (Phi) is 4.14. The normalized spacial score (nSPS) is 15.5. The van der Waals surface area contributed by atoms with Crippen molar-refractivity contribution in [3.05, 3.63) is 60.2 Å². The predicted octanol–water partition coefficient (Wildman–Crippen LogP) is 3.85. The average molecular weight is 335 g/mol. The van der Waals surface area contributed by atoms with Gasteiger partial charge in [0, 0.05) is 36.4 Å². The molecule has 4 rings (SSSR count). The molecular weight excluding hydrogens is 314 g/mol. The van der Waals surface area contributed by atoms with Gasteiger partial charge in [0.15, 0.2) is 5.76 Å². The molecule has 0 aliphatic carbocycles. The molecular formula is C20H21N3O2. The third-order valence-corrected chi connectivity index (χ3v) is 4.77. The largest absolute Gasteiger partial charge is 0.459 e. The smallest absolute Gasteiger partial charge is 0.289 e. The molecule has 3 aromatic rings. The molecule has 128 valence electrons. The second-order valence-corrected chi connectivity index (χ2v) is 6.57. The van der Waals surface area contributed by atoms with Crippen molar-refractivity contribution in [1.82, 2.24) is 9.88 Å². The molecule has 1 N–H and O–H groups in total. The number of pyridine rings is 1. The molecule has 5 heteroatoms. The van der Waals surface area contributed by atoms with Gasteiger partial charge in [-0.05, 0) is 50.1 Å². The van der Waals surface area contributed by atoms with E-state index in [9.17, 15) is 4.79 Å². The molecule has 0 bridgehead atoms. The van der Waals surface area contributed by atoms with Crippen molar-refractivity contribution in [3.8, 4) is 0 Å². The van der Waals surface area contributed by atoms with Crippen molar-refractivity contribution in [2.75, 3.05) is 18.4 Å². The van der Waals surface area contributed by atoms with Crippen LogP contribution in [0, 0.1) is 6.92 Å². The van der Waals surface area contributed by atoms with E-state index in [4.69, 9.17) is 4.42 Å². The molecule has 1 amide bonds. The van der Waals surface area contributed by atoms with Crippen LogP contribution in [-0.2, 0) is 0 Å². The van der Waals surface area contributed by atoms with E-state index < -0.39 is 0 Å². The zero-order valence-electron chi connectivity index (χ0n) is 14.2. The number of amides is 1. The number of aryl methyl sites for hydroxylation is 1. The lowest BCUT2D eigenvalue weighted by molar-refractivity contribution is 0.0686. The fraction of sp³-hybridized carbons (Fsp3) is 0.300. The Balaban J connectivity index is 1.44. The van der Waals surface area contributed by atoms with Gasteiger partial charge in [0.2, 0.25) is 0 Å². The first-order valence-corrected chi connectivity index (χ1v) is 8.65. The van der Waals surface area contributed by atoms with Crippen LogP contribution in [0.25, 0.3) is 10.9 Å². The van der Waals surface area contributed by atoms with Gasteiger partial charge in [0.05, 0.1) is 11.8 Å². The Bertz CT molecular complexity index is 881. The summed E-state index contributed by atoms with van der Waals surface area (Å²) in [5, 5.41) is 4.79. The summed E-state index contributed by atoms with van der Waals surface area (Å²) in [6.07, 6.45) is 5.22. The van der Waals surface area contributed by atoms with Crippen LogP contribution in [-0.4, -0.2) is 34.9 Å². The van der Waals surface area contributed by atoms with Gasteiger partial charge in [-0.2, -0.15) is 0 Å². The highest BCUT2D eigenvalue weighted by molar-refractivity contribution is 5.92. The van der Waals surface area contributed by atoms with Gasteiger partial charge in [-0.3, -0.25) is 9.78 Å². The van der Waals surface area contributed by atoms with Crippen LogP contribution in [0.15, 0.2) is 53.3 Å². The molecule has 0 radical (unpaired) electrons. The van der Waals surface area contributed by atoms with E-state index in [0.717, 1.165) is 42.5 Å². The Labute approximate surface area is 146 Å². The van der Waals surface area contributed by atoms with Crippen LogP contribution < -0.4 is 5.32 Å². The number of benzene rings is 1. The van der Waals surface area contributed by atoms with Gasteiger partial charge in [-0.15, -0.1) is 0 Å². The van der Waals surface area contributed by atoms with Crippen LogP contribution in [0.2, 0.25) is 0 Å². The fourth-order valence-corrected chi connectivity index (χ4v) is 3.39. The minimum Gasteiger partial charge on any atom is -0.459 e. The van der Waals surface area contributed by atoms with E-state index in [-0.39, 0.29) is 5.91 Å². The molecule has 1 saturated heterocycles. The number of aromatic nitrogens is 1. The summed E-state index contributed by atoms with van der Waals surface area (Å²) in [6.45, 7) is 3.56. The van der Waals surface area contributed by atoms with Crippen molar-refractivity contribution in [1.29, 1.82) is 0 Å². The Morgan fingerprint density at radius 2 is 2.08 bits per heavy atom. The molecule has 2 aromatic heterocycles. The number of piperidine rings is 1. The topological polar surface area (TPSA) is 58.4 Å². The molecule has 5 nitrogen and oxygen atoms in total. The Morgan fingerprint density at radius 1 is 1.24 bits per heavy atom. The predicted molar refractivity (Wildman–Crippen MR) is 97.7 cm³/mol. The molecule has 0 atom stereocenters. The minimum absolute atomic E-state index is 0.0200. The zero-order valence-corrected chi connectivity index (χ0v) is 14.2. The number of nitrogens with zero attached hydrogens (tertiary/aromatic N) is 2. The molecule has 25 heavy (non-hydrogen) atoms. The summed E-state index contributed by atoms with van der Waals surface area (Å²) in [5.74, 6) is 0.399. The lowest BCUT2D eigenvalue weighted by Crippen LogP contribution is -2.42. The Morgan fingerprint density at radius 3 is 2.84 bits per heavy atom. The molecule has 1 fully saturated rings. The monoisotopic (exact) mass is 335 g/mol. The summed E-state index contributed by atoms with van der Waals surface area (Å²) in [5.41, 5.74) is 3.34. The summed E-state index contributed by atoms with van der Waals surface area (Å²) in [4.78, 5) is 18.6. The molecule has 3 heterocycles. The van der Waals surface area contributed by atoms with E-state index in [1.54, 1.807) is 12.1 Å². The number of fused-ring (bicyclic) bond motifs is 1. The first-order valence-electron chi connectivity index (χ1n) is 8.65. The first kappa shape index (κ1) is 15.7. The number of anilines is 1. The number of likely N-dealkylation sites (tertiary alicyclic amines) is 1. The number of hydrogen-bond donors (Lipinski definition) is 1. The van der Waals surface area contributed by atoms with Crippen molar-refractivity contribution in [2.24, 2.45) is 0 Å². The van der Waals surface area contributed by atoms with E-state index in [0.29, 0.717) is 11.8 Å². The fourth-order valence-electron chi connectivity index (χ4n) is 3.39. The van der Waals surface area contributed by atoms with E-state index in [1.807, 2.05) is 17.2 Å². The van der Waals surface area contributed by atoms with Crippen LogP contribution in [0.5, 0.6) is 0 Å². The summed E-state index contributed by atoms with van der Waals surface area (Å²) in [6, 6.07) is 12.2. The highest BCUT2D eigenvalue weighted by Crippen LogP contribution is 2.25. The van der Waals surface area contributed by atoms with Crippen molar-refractivity contribution in [2.45, 2.75) is 25.8 Å². The van der Waals surface area contributed by atoms with Crippen molar-refractivity contribution >= 4 is 22.5 Å². The van der Waals surface area contributed by atoms with Gasteiger partial charge in [0.1, 0.15) is 0 Å². The molecule has 0 unspecified atom stereocenters. The number of carbonyl (C=O) groups excluding carboxylic acids is 1. The first-order chi connectivity index (χ1) is 12.2. The molecule has 0 saturated carbocycles. The summed E-state index contributed by atoms with van der Waals surface area (Å²) < 4.78 is 5.22. The van der Waals surface area contributed by atoms with Gasteiger partial charge in [-0.25, -0.2) is 0 Å². The average Bonchev–Trinajstić information content (AvgIpc) is 3.17. The number of carbonyl (C=O) groups is 1. The lowest BCUT2D eigenvalue weighted by atomic mass is 10.0. The molecule has 0 spiro atoms. The van der Waals surface area contributed by atoms with Gasteiger partial charge >= 0.3 is 0 Å². The van der Waals surface area contributed by atoms with Crippen LogP contribution in [0.3, 0.4) is 0 Å². The van der Waals surface area contributed by atoms with Gasteiger partial charge in [-0.1, -0.05) is 11.6 Å². The van der Waals surface area contributed by atoms with Crippen LogP contribution in [0.4, 0.5) is 5.69 Å². The Hall–Kier alpha value is -2.82. The molecule has 1 aliphatic heterocycles. The maximum atomic E-state index is 12.3. The number of furan rings is 1. The van der Waals surface area contributed by atoms with Gasteiger partial charge < -0.3 is 14.6 Å². The second kappa shape index (κ2) is 6.59. The quantitative estimate of drug-likeness (QED) is 0.790. The van der Waals surface area contributed by atoms with Crippen molar-refractivity contribution < 1.29 is 9.21 Å². The third kappa shape index (κ3) is 3.22. The van der Waals surface area contributed by atoms with Crippen LogP contribution >= 0.6 is 0 Å². The van der Waals surface area contributed by atoms with E-state index in [2.05, 4.69) is 35.4 Å². The highest BCUT2D eigenvalue weighted by atomic mass is 16.3. The number of hydrogen-bond acceptors (Lipinski definition) is 4. The zero-order chi connectivity index (χ0) is 17.2. The number of rotatable bonds is 3. The maximum absolute atomic E-state index is 12.3. The van der Waals surface area contributed by atoms with Crippen molar-refractivity contribution in [3.63, 3.8) is 0 Å². The number of nitrogens with one attached hydrogen (secondary N) is 1. The molecule has 1 aromatic carbocycles. The molecule has 1 aliphatic rings. The van der Waals surface area contributed by atoms with Gasteiger partial charge in [0.25, 0.3) is 5.91 Å². The second-order valence-electron chi connectivity index (χ2n) is 6.57. The SMILES string of the molecule is Cc1ccc2nccc(NC3CCN(C(=O)c4ccco4)CC3)c2c1. The van der Waals surface area contributed by atoms with Crippen LogP contribution in [0.1, 0.15) is 29.0 Å². The maximum Gasteiger partial charge on any atom is 0.289 e. The summed E-state index contributed by atoms with van der Waals surface area (Å²) in [7, 11) is 0. The minimum atomic E-state index is -0.0200. The lowest BCUT2D eigenvalue weighted by Gasteiger charge is -2.32. The van der Waals surface area contributed by atoms with E-state index in [1.165, 1.54) is 11.8 Å². The standard InChI is InChI=1S/C20H21N3O2/c1-14-4-5-17-16(13-14)18(6-9-21-17)22-15-7-10-23(11-8-15)20(24)19-3-2-12-25-19/h2-6,9,12-13,15H,7-8,10-11H2,1H3,(H,21,22).